The molecule has 0 radical (unpaired) electrons. The second kappa shape index (κ2) is 8.66. The summed E-state index contributed by atoms with van der Waals surface area (Å²) in [5, 5.41) is 12.9. The molecule has 138 valence electrons. The van der Waals surface area contributed by atoms with E-state index < -0.39 is 12.0 Å². The predicted octanol–water partition coefficient (Wildman–Crippen LogP) is 3.89. The molecule has 7 heteroatoms. The van der Waals surface area contributed by atoms with E-state index in [9.17, 15) is 4.79 Å². The van der Waals surface area contributed by atoms with Crippen LogP contribution in [0.15, 0.2) is 42.5 Å². The molecule has 0 spiro atoms. The number of halogens is 1. The summed E-state index contributed by atoms with van der Waals surface area (Å²) in [5.74, 6) is 1.19. The molecule has 2 aromatic rings. The zero-order valence-electron chi connectivity index (χ0n) is 14.3. The van der Waals surface area contributed by atoms with Gasteiger partial charge in [0.1, 0.15) is 30.8 Å². The Labute approximate surface area is 161 Å². The fraction of sp³-hybridized carbons (Fsp3) is 0.316. The Bertz CT molecular complexity index is 786. The molecule has 1 fully saturated rings. The van der Waals surface area contributed by atoms with Gasteiger partial charge in [0.25, 0.3) is 0 Å². The van der Waals surface area contributed by atoms with E-state index in [0.29, 0.717) is 24.0 Å². The minimum Gasteiger partial charge on any atom is -0.490 e. The Kier molecular flexibility index (Phi) is 6.29. The molecule has 1 saturated heterocycles. The normalized spacial score (nSPS) is 19.3. The van der Waals surface area contributed by atoms with Crippen molar-refractivity contribution in [2.75, 3.05) is 19.0 Å². The zero-order valence-corrected chi connectivity index (χ0v) is 15.8. The Morgan fingerprint density at radius 3 is 2.77 bits per heavy atom. The van der Waals surface area contributed by atoms with Gasteiger partial charge in [-0.25, -0.2) is 0 Å². The lowest BCUT2D eigenvalue weighted by molar-refractivity contribution is -0.138. The van der Waals surface area contributed by atoms with Gasteiger partial charge in [-0.05, 0) is 36.8 Å². The number of carboxylic acid groups (broad SMARTS) is 1. The van der Waals surface area contributed by atoms with Gasteiger partial charge < -0.3 is 14.6 Å². The topological polar surface area (TPSA) is 67.8 Å². The molecule has 2 unspecified atom stereocenters. The Balaban J connectivity index is 1.55. The standard InChI is InChI=1S/C19H20ClNO4S/c1-12-10-13(6-7-15(12)20)24-8-9-25-17-5-3-2-4-14(17)18-21-16(11-26-18)19(22)23/h2-7,10,16,18,21H,8-9,11H2,1H3,(H,22,23). The lowest BCUT2D eigenvalue weighted by Crippen LogP contribution is -2.33. The fourth-order valence-corrected chi connectivity index (χ4v) is 4.02. The van der Waals surface area contributed by atoms with Crippen molar-refractivity contribution in [3.63, 3.8) is 0 Å². The lowest BCUT2D eigenvalue weighted by atomic mass is 10.2. The minimum atomic E-state index is -0.829. The number of carbonyl (C=O) groups is 1. The largest absolute Gasteiger partial charge is 0.490 e. The van der Waals surface area contributed by atoms with Crippen LogP contribution in [0.1, 0.15) is 16.5 Å². The highest BCUT2D eigenvalue weighted by Gasteiger charge is 2.31. The van der Waals surface area contributed by atoms with Crippen molar-refractivity contribution in [1.29, 1.82) is 0 Å². The number of carboxylic acids is 1. The molecule has 2 atom stereocenters. The molecule has 0 bridgehead atoms. The van der Waals surface area contributed by atoms with Crippen molar-refractivity contribution >= 4 is 29.3 Å². The highest BCUT2D eigenvalue weighted by atomic mass is 35.5. The van der Waals surface area contributed by atoms with Crippen molar-refractivity contribution in [2.45, 2.75) is 18.3 Å². The third-order valence-corrected chi connectivity index (χ3v) is 5.69. The van der Waals surface area contributed by atoms with Crippen molar-refractivity contribution in [1.82, 2.24) is 5.32 Å². The maximum atomic E-state index is 11.1. The van der Waals surface area contributed by atoms with Gasteiger partial charge in [0.05, 0.1) is 5.37 Å². The van der Waals surface area contributed by atoms with Crippen LogP contribution < -0.4 is 14.8 Å². The smallest absolute Gasteiger partial charge is 0.321 e. The van der Waals surface area contributed by atoms with E-state index in [4.69, 9.17) is 26.2 Å². The summed E-state index contributed by atoms with van der Waals surface area (Å²) in [6.07, 6.45) is 0. The van der Waals surface area contributed by atoms with Crippen LogP contribution in [0, 0.1) is 6.92 Å². The number of hydrogen-bond acceptors (Lipinski definition) is 5. The van der Waals surface area contributed by atoms with Gasteiger partial charge in [0.15, 0.2) is 0 Å². The maximum absolute atomic E-state index is 11.1. The molecular formula is C19H20ClNO4S. The number of rotatable bonds is 7. The van der Waals surface area contributed by atoms with Crippen molar-refractivity contribution in [2.24, 2.45) is 0 Å². The number of aliphatic carboxylic acids is 1. The third-order valence-electron chi connectivity index (χ3n) is 4.02. The summed E-state index contributed by atoms with van der Waals surface area (Å²) >= 11 is 7.58. The van der Waals surface area contributed by atoms with E-state index in [-0.39, 0.29) is 5.37 Å². The van der Waals surface area contributed by atoms with Gasteiger partial charge in [0.2, 0.25) is 0 Å². The van der Waals surface area contributed by atoms with Crippen LogP contribution in [0.4, 0.5) is 0 Å². The first-order valence-electron chi connectivity index (χ1n) is 8.26. The summed E-state index contributed by atoms with van der Waals surface area (Å²) in [4.78, 5) is 11.1. The second-order valence-corrected chi connectivity index (χ2v) is 7.46. The molecule has 0 aromatic heterocycles. The van der Waals surface area contributed by atoms with Gasteiger partial charge in [-0.2, -0.15) is 0 Å². The molecule has 1 heterocycles. The average Bonchev–Trinajstić information content (AvgIpc) is 3.12. The van der Waals surface area contributed by atoms with Crippen LogP contribution in [-0.4, -0.2) is 36.1 Å². The Morgan fingerprint density at radius 2 is 2.04 bits per heavy atom. The van der Waals surface area contributed by atoms with Gasteiger partial charge >= 0.3 is 5.97 Å². The minimum absolute atomic E-state index is 0.0906. The number of nitrogens with one attached hydrogen (secondary N) is 1. The number of ether oxygens (including phenoxy) is 2. The maximum Gasteiger partial charge on any atom is 0.321 e. The molecule has 0 aliphatic carbocycles. The summed E-state index contributed by atoms with van der Waals surface area (Å²) in [6.45, 7) is 2.72. The van der Waals surface area contributed by atoms with Crippen molar-refractivity contribution < 1.29 is 19.4 Å². The molecule has 3 rings (SSSR count). The molecule has 2 aromatic carbocycles. The van der Waals surface area contributed by atoms with Gasteiger partial charge in [-0.1, -0.05) is 29.8 Å². The zero-order chi connectivity index (χ0) is 18.5. The van der Waals surface area contributed by atoms with Gasteiger partial charge in [-0.3, -0.25) is 10.1 Å². The molecule has 1 aliphatic rings. The number of para-hydroxylation sites is 1. The van der Waals surface area contributed by atoms with Gasteiger partial charge in [0, 0.05) is 16.3 Å². The predicted molar refractivity (Wildman–Crippen MR) is 103 cm³/mol. The van der Waals surface area contributed by atoms with Crippen LogP contribution in [-0.2, 0) is 4.79 Å². The van der Waals surface area contributed by atoms with Crippen molar-refractivity contribution in [3.05, 3.63) is 58.6 Å². The number of thioether (sulfide) groups is 1. The molecule has 1 aliphatic heterocycles. The van der Waals surface area contributed by atoms with Crippen LogP contribution in [0.3, 0.4) is 0 Å². The van der Waals surface area contributed by atoms with E-state index in [1.165, 1.54) is 0 Å². The summed E-state index contributed by atoms with van der Waals surface area (Å²) in [5.41, 5.74) is 1.91. The Morgan fingerprint density at radius 1 is 1.27 bits per heavy atom. The highest BCUT2D eigenvalue weighted by molar-refractivity contribution is 7.99. The monoisotopic (exact) mass is 393 g/mol. The molecule has 2 N–H and O–H groups in total. The quantitative estimate of drug-likeness (QED) is 0.695. The van der Waals surface area contributed by atoms with E-state index in [1.54, 1.807) is 11.8 Å². The van der Waals surface area contributed by atoms with Gasteiger partial charge in [-0.15, -0.1) is 11.8 Å². The third kappa shape index (κ3) is 4.63. The molecule has 0 saturated carbocycles. The summed E-state index contributed by atoms with van der Waals surface area (Å²) < 4.78 is 11.6. The molecule has 26 heavy (non-hydrogen) atoms. The van der Waals surface area contributed by atoms with E-state index in [0.717, 1.165) is 22.6 Å². The lowest BCUT2D eigenvalue weighted by Gasteiger charge is -2.17. The number of benzene rings is 2. The fourth-order valence-electron chi connectivity index (χ4n) is 2.64. The molecule has 5 nitrogen and oxygen atoms in total. The first-order chi connectivity index (χ1) is 12.5. The number of hydrogen-bond donors (Lipinski definition) is 2. The van der Waals surface area contributed by atoms with Crippen LogP contribution in [0.5, 0.6) is 11.5 Å². The number of aryl methyl sites for hydroxylation is 1. The van der Waals surface area contributed by atoms with E-state index >= 15 is 0 Å². The van der Waals surface area contributed by atoms with E-state index in [1.807, 2.05) is 49.4 Å². The first-order valence-corrected chi connectivity index (χ1v) is 9.68. The van der Waals surface area contributed by atoms with Crippen LogP contribution in [0.2, 0.25) is 5.02 Å². The SMILES string of the molecule is Cc1cc(OCCOc2ccccc2C2NC(C(=O)O)CS2)ccc1Cl. The van der Waals surface area contributed by atoms with Crippen LogP contribution >= 0.6 is 23.4 Å². The van der Waals surface area contributed by atoms with E-state index in [2.05, 4.69) is 5.32 Å². The Hall–Kier alpha value is -1.89. The van der Waals surface area contributed by atoms with Crippen molar-refractivity contribution in [3.8, 4) is 11.5 Å². The first kappa shape index (κ1) is 18.9. The highest BCUT2D eigenvalue weighted by Crippen LogP contribution is 2.37. The van der Waals surface area contributed by atoms with Crippen LogP contribution in [0.25, 0.3) is 0 Å². The summed E-state index contributed by atoms with van der Waals surface area (Å²) in [7, 11) is 0. The second-order valence-electron chi connectivity index (χ2n) is 5.92. The molecular weight excluding hydrogens is 374 g/mol. The average molecular weight is 394 g/mol. The molecule has 0 amide bonds. The summed E-state index contributed by atoms with van der Waals surface area (Å²) in [6, 6.07) is 12.7.